The van der Waals surface area contributed by atoms with Gasteiger partial charge in [0, 0.05) is 0 Å². The van der Waals surface area contributed by atoms with Crippen LogP contribution in [0, 0.1) is 11.8 Å². The third kappa shape index (κ3) is 6.40. The fourth-order valence-corrected chi connectivity index (χ4v) is 1.32. The number of aliphatic carboxylic acids is 2. The Morgan fingerprint density at radius 3 is 1.93 bits per heavy atom. The van der Waals surface area contributed by atoms with Gasteiger partial charge in [0.15, 0.2) is 5.92 Å². The second-order valence-electron chi connectivity index (χ2n) is 3.36. The van der Waals surface area contributed by atoms with Crippen LogP contribution in [0.25, 0.3) is 0 Å². The molecule has 78 valence electrons. The monoisotopic (exact) mass is 212 g/mol. The molecule has 0 aromatic heterocycles. The molecule has 1 unspecified atom stereocenters. The average molecular weight is 212 g/mol. The zero-order valence-electron chi connectivity index (χ0n) is 7.99. The molecule has 2 N–H and O–H groups in total. The van der Waals surface area contributed by atoms with E-state index in [0.717, 1.165) is 12.8 Å². The van der Waals surface area contributed by atoms with Crippen molar-refractivity contribution in [1.82, 2.24) is 0 Å². The minimum atomic E-state index is -1.25. The maximum absolute atomic E-state index is 10.5. The quantitative estimate of drug-likeness (QED) is 0.507. The number of carboxylic acids is 2. The molecule has 0 amide bonds. The Kier molecular flexibility index (Phi) is 9.67. The number of carbonyl (C=O) groups is 2. The van der Waals surface area contributed by atoms with Gasteiger partial charge >= 0.3 is 41.5 Å². The molecule has 0 aromatic carbocycles. The summed E-state index contributed by atoms with van der Waals surface area (Å²) in [7, 11) is 0. The zero-order chi connectivity index (χ0) is 10.4. The van der Waals surface area contributed by atoms with Crippen molar-refractivity contribution < 1.29 is 19.8 Å². The van der Waals surface area contributed by atoms with Crippen molar-refractivity contribution >= 4 is 41.5 Å². The molecule has 0 aliphatic carbocycles. The molecule has 1 atom stereocenters. The van der Waals surface area contributed by atoms with Gasteiger partial charge < -0.3 is 10.2 Å². The van der Waals surface area contributed by atoms with Crippen LogP contribution in [-0.2, 0) is 9.59 Å². The average Bonchev–Trinajstić information content (AvgIpc) is 1.99. The normalized spacial score (nSPS) is 11.9. The van der Waals surface area contributed by atoms with Crippen LogP contribution in [0.15, 0.2) is 0 Å². The summed E-state index contributed by atoms with van der Waals surface area (Å²) in [6.07, 6.45) is 2.04. The topological polar surface area (TPSA) is 74.6 Å². The van der Waals surface area contributed by atoms with Crippen LogP contribution in [-0.4, -0.2) is 51.7 Å². The van der Waals surface area contributed by atoms with Gasteiger partial charge in [-0.2, -0.15) is 0 Å². The van der Waals surface area contributed by atoms with Crippen molar-refractivity contribution in [3.63, 3.8) is 0 Å². The maximum atomic E-state index is 10.5. The Hall–Kier alpha value is -0.0600. The SMILES string of the molecule is CCCC(C)CC(C(=O)O)C(=O)O.[NaH]. The van der Waals surface area contributed by atoms with E-state index in [1.54, 1.807) is 0 Å². The van der Waals surface area contributed by atoms with Gasteiger partial charge in [0.05, 0.1) is 0 Å². The Balaban J connectivity index is 0. The van der Waals surface area contributed by atoms with Gasteiger partial charge in [-0.05, 0) is 12.3 Å². The molecule has 0 saturated heterocycles. The standard InChI is InChI=1S/C9H16O4.Na.H/c1-3-4-6(2)5-7(8(10)11)9(12)13;;/h6-7H,3-5H2,1-2H3,(H,10,11)(H,12,13);;. The third-order valence-corrected chi connectivity index (χ3v) is 2.02. The molecule has 4 nitrogen and oxygen atoms in total. The molecule has 0 saturated carbocycles. The van der Waals surface area contributed by atoms with Crippen LogP contribution in [0.5, 0.6) is 0 Å². The molecule has 0 heterocycles. The van der Waals surface area contributed by atoms with E-state index >= 15 is 0 Å². The van der Waals surface area contributed by atoms with Gasteiger partial charge in [0.1, 0.15) is 0 Å². The number of hydrogen-bond acceptors (Lipinski definition) is 2. The molecule has 0 bridgehead atoms. The fourth-order valence-electron chi connectivity index (χ4n) is 1.32. The van der Waals surface area contributed by atoms with Crippen LogP contribution >= 0.6 is 0 Å². The van der Waals surface area contributed by atoms with E-state index in [0.29, 0.717) is 0 Å². The van der Waals surface area contributed by atoms with E-state index in [1.807, 2.05) is 13.8 Å². The van der Waals surface area contributed by atoms with E-state index in [9.17, 15) is 9.59 Å². The van der Waals surface area contributed by atoms with Crippen LogP contribution in [0.4, 0.5) is 0 Å². The molecular weight excluding hydrogens is 195 g/mol. The van der Waals surface area contributed by atoms with Crippen LogP contribution < -0.4 is 0 Å². The summed E-state index contributed by atoms with van der Waals surface area (Å²) in [5.41, 5.74) is 0. The fraction of sp³-hybridized carbons (Fsp3) is 0.778. The molecule has 0 aliphatic rings. The van der Waals surface area contributed by atoms with E-state index in [2.05, 4.69) is 0 Å². The Morgan fingerprint density at radius 2 is 1.64 bits per heavy atom. The van der Waals surface area contributed by atoms with Crippen molar-refractivity contribution in [2.75, 3.05) is 0 Å². The molecule has 0 aromatic rings. The van der Waals surface area contributed by atoms with E-state index in [-0.39, 0.29) is 41.9 Å². The molecule has 14 heavy (non-hydrogen) atoms. The Morgan fingerprint density at radius 1 is 1.21 bits per heavy atom. The zero-order valence-corrected chi connectivity index (χ0v) is 7.99. The summed E-state index contributed by atoms with van der Waals surface area (Å²) in [6, 6.07) is 0. The predicted octanol–water partition coefficient (Wildman–Crippen LogP) is 0.950. The number of hydrogen-bond donors (Lipinski definition) is 2. The van der Waals surface area contributed by atoms with Crippen LogP contribution in [0.3, 0.4) is 0 Å². The molecule has 0 spiro atoms. The summed E-state index contributed by atoms with van der Waals surface area (Å²) in [4.78, 5) is 21.0. The van der Waals surface area contributed by atoms with Crippen molar-refractivity contribution in [3.05, 3.63) is 0 Å². The van der Waals surface area contributed by atoms with Gasteiger partial charge in [0.2, 0.25) is 0 Å². The first-order valence-electron chi connectivity index (χ1n) is 4.44. The van der Waals surface area contributed by atoms with Crippen LogP contribution in [0.2, 0.25) is 0 Å². The first kappa shape index (κ1) is 16.4. The van der Waals surface area contributed by atoms with Gasteiger partial charge in [-0.1, -0.05) is 26.7 Å². The Labute approximate surface area is 106 Å². The van der Waals surface area contributed by atoms with Gasteiger partial charge in [-0.3, -0.25) is 9.59 Å². The molecule has 0 radical (unpaired) electrons. The summed E-state index contributed by atoms with van der Waals surface area (Å²) in [5, 5.41) is 17.2. The molecule has 0 fully saturated rings. The van der Waals surface area contributed by atoms with Crippen LogP contribution in [0.1, 0.15) is 33.1 Å². The second kappa shape index (κ2) is 8.26. The first-order chi connectivity index (χ1) is 5.99. The third-order valence-electron chi connectivity index (χ3n) is 2.02. The van der Waals surface area contributed by atoms with E-state index in [4.69, 9.17) is 10.2 Å². The summed E-state index contributed by atoms with van der Waals surface area (Å²) < 4.78 is 0. The Bertz CT molecular complexity index is 179. The second-order valence-corrected chi connectivity index (χ2v) is 3.36. The number of carboxylic acid groups (broad SMARTS) is 2. The van der Waals surface area contributed by atoms with Crippen molar-refractivity contribution in [1.29, 1.82) is 0 Å². The van der Waals surface area contributed by atoms with E-state index < -0.39 is 17.9 Å². The first-order valence-corrected chi connectivity index (χ1v) is 4.44. The molecule has 5 heteroatoms. The summed E-state index contributed by atoms with van der Waals surface area (Å²) >= 11 is 0. The summed E-state index contributed by atoms with van der Waals surface area (Å²) in [6.45, 7) is 3.87. The van der Waals surface area contributed by atoms with Crippen molar-refractivity contribution in [2.24, 2.45) is 11.8 Å². The van der Waals surface area contributed by atoms with E-state index in [1.165, 1.54) is 0 Å². The molecule has 0 aliphatic heterocycles. The van der Waals surface area contributed by atoms with Gasteiger partial charge in [-0.15, -0.1) is 0 Å². The summed E-state index contributed by atoms with van der Waals surface area (Å²) in [5.74, 6) is -3.57. The van der Waals surface area contributed by atoms with Gasteiger partial charge in [0.25, 0.3) is 0 Å². The van der Waals surface area contributed by atoms with Crippen molar-refractivity contribution in [3.8, 4) is 0 Å². The van der Waals surface area contributed by atoms with Crippen molar-refractivity contribution in [2.45, 2.75) is 33.1 Å². The number of rotatable bonds is 6. The predicted molar refractivity (Wildman–Crippen MR) is 54.6 cm³/mol. The molecular formula is C9H17NaO4. The van der Waals surface area contributed by atoms with Gasteiger partial charge in [-0.25, -0.2) is 0 Å². The molecule has 0 rings (SSSR count). The minimum absolute atomic E-state index is 0.